The molecule has 0 aliphatic rings. The Balaban J connectivity index is 1.96. The minimum Gasteiger partial charge on any atom is -0.457 e. The van der Waals surface area contributed by atoms with Crippen LogP contribution in [-0.4, -0.2) is 34.8 Å². The summed E-state index contributed by atoms with van der Waals surface area (Å²) >= 11 is 4.13. The van der Waals surface area contributed by atoms with Gasteiger partial charge >= 0.3 is 0 Å². The number of aliphatic hydroxyl groups is 1. The van der Waals surface area contributed by atoms with E-state index in [0.717, 1.165) is 0 Å². The number of carbonyl (C=O) groups is 2. The molecule has 3 N–H and O–H groups in total. The van der Waals surface area contributed by atoms with Gasteiger partial charge in [0.15, 0.2) is 0 Å². The summed E-state index contributed by atoms with van der Waals surface area (Å²) < 4.78 is 5.71. The fourth-order valence-electron chi connectivity index (χ4n) is 2.45. The zero-order valence-corrected chi connectivity index (χ0v) is 16.4. The van der Waals surface area contributed by atoms with Crippen LogP contribution < -0.4 is 15.4 Å². The molecule has 148 valence electrons. The second kappa shape index (κ2) is 10.5. The molecule has 7 heteroatoms. The van der Waals surface area contributed by atoms with Crippen molar-refractivity contribution in [3.8, 4) is 11.5 Å². The second-order valence-electron chi connectivity index (χ2n) is 6.17. The smallest absolute Gasteiger partial charge is 0.247 e. The standard InChI is InChI=1S/C21H24N2O4S/c1-3-18(14(2)24)20(25)23-19(13-28)21(26)22-15-9-11-17(12-10-15)27-16-7-5-4-6-8-16/h3-12,14,18-19,24,28H,1,13H2,2H3,(H,22,26)(H,23,25). The zero-order valence-electron chi connectivity index (χ0n) is 15.5. The molecule has 2 aromatic rings. The SMILES string of the molecule is C=CC(C(=O)NC(CS)C(=O)Nc1ccc(Oc2ccccc2)cc1)C(C)O. The Morgan fingerprint density at radius 2 is 1.71 bits per heavy atom. The van der Waals surface area contributed by atoms with Crippen LogP contribution in [0.1, 0.15) is 6.92 Å². The highest BCUT2D eigenvalue weighted by molar-refractivity contribution is 7.80. The van der Waals surface area contributed by atoms with Crippen LogP contribution in [0.25, 0.3) is 0 Å². The Bertz CT molecular complexity index is 794. The summed E-state index contributed by atoms with van der Waals surface area (Å²) in [4.78, 5) is 24.6. The summed E-state index contributed by atoms with van der Waals surface area (Å²) in [6, 6.07) is 15.4. The lowest BCUT2D eigenvalue weighted by Gasteiger charge is -2.21. The van der Waals surface area contributed by atoms with Crippen LogP contribution in [0.15, 0.2) is 67.3 Å². The number of hydrogen-bond donors (Lipinski definition) is 4. The first-order valence-electron chi connectivity index (χ1n) is 8.80. The molecule has 6 nitrogen and oxygen atoms in total. The number of thiol groups is 1. The maximum atomic E-state index is 12.4. The first-order chi connectivity index (χ1) is 13.4. The molecule has 0 radical (unpaired) electrons. The molecule has 28 heavy (non-hydrogen) atoms. The van der Waals surface area contributed by atoms with Crippen LogP contribution in [0.4, 0.5) is 5.69 Å². The topological polar surface area (TPSA) is 87.7 Å². The molecule has 0 aliphatic heterocycles. The van der Waals surface area contributed by atoms with Gasteiger partial charge in [-0.2, -0.15) is 12.6 Å². The van der Waals surface area contributed by atoms with Gasteiger partial charge in [0.2, 0.25) is 11.8 Å². The number of aliphatic hydroxyl groups excluding tert-OH is 1. The van der Waals surface area contributed by atoms with E-state index in [1.807, 2.05) is 30.3 Å². The summed E-state index contributed by atoms with van der Waals surface area (Å²) in [5.41, 5.74) is 0.558. The number of anilines is 1. The average molecular weight is 401 g/mol. The van der Waals surface area contributed by atoms with Gasteiger partial charge in [0, 0.05) is 11.4 Å². The molecule has 3 unspecified atom stereocenters. The number of carbonyl (C=O) groups excluding carboxylic acids is 2. The molecule has 0 saturated carbocycles. The van der Waals surface area contributed by atoms with Crippen molar-refractivity contribution in [2.45, 2.75) is 19.1 Å². The van der Waals surface area contributed by atoms with Gasteiger partial charge in [0.25, 0.3) is 0 Å². The van der Waals surface area contributed by atoms with E-state index in [1.165, 1.54) is 13.0 Å². The number of ether oxygens (including phenoxy) is 1. The van der Waals surface area contributed by atoms with Gasteiger partial charge in [0.05, 0.1) is 12.0 Å². The number of amides is 2. The lowest BCUT2D eigenvalue weighted by molar-refractivity contribution is -0.129. The Morgan fingerprint density at radius 1 is 1.11 bits per heavy atom. The molecule has 2 rings (SSSR count). The van der Waals surface area contributed by atoms with E-state index in [2.05, 4.69) is 29.8 Å². The molecule has 0 bridgehead atoms. The summed E-state index contributed by atoms with van der Waals surface area (Å²) in [6.07, 6.45) is 0.442. The van der Waals surface area contributed by atoms with Gasteiger partial charge < -0.3 is 20.5 Å². The molecular formula is C21H24N2O4S. The van der Waals surface area contributed by atoms with Crippen LogP contribution in [0.2, 0.25) is 0 Å². The minimum atomic E-state index is -0.904. The molecule has 0 aliphatic carbocycles. The first kappa shape index (κ1) is 21.5. The van der Waals surface area contributed by atoms with Gasteiger partial charge in [-0.3, -0.25) is 9.59 Å². The number of nitrogens with one attached hydrogen (secondary N) is 2. The molecule has 2 amide bonds. The molecule has 0 heterocycles. The predicted octanol–water partition coefficient (Wildman–Crippen LogP) is 3.02. The highest BCUT2D eigenvalue weighted by atomic mass is 32.1. The van der Waals surface area contributed by atoms with Gasteiger partial charge in [0.1, 0.15) is 17.5 Å². The minimum absolute atomic E-state index is 0.108. The first-order valence-corrected chi connectivity index (χ1v) is 9.43. The van der Waals surface area contributed by atoms with Crippen molar-refractivity contribution < 1.29 is 19.4 Å². The quantitative estimate of drug-likeness (QED) is 0.385. The predicted molar refractivity (Wildman–Crippen MR) is 113 cm³/mol. The fourth-order valence-corrected chi connectivity index (χ4v) is 2.70. The number of rotatable bonds is 9. The molecule has 2 aromatic carbocycles. The summed E-state index contributed by atoms with van der Waals surface area (Å²) in [5, 5.41) is 14.9. The maximum absolute atomic E-state index is 12.4. The lowest BCUT2D eigenvalue weighted by atomic mass is 10.0. The van der Waals surface area contributed by atoms with E-state index >= 15 is 0 Å². The van der Waals surface area contributed by atoms with Crippen molar-refractivity contribution in [2.75, 3.05) is 11.1 Å². The van der Waals surface area contributed by atoms with E-state index in [-0.39, 0.29) is 5.75 Å². The third kappa shape index (κ3) is 6.14. The van der Waals surface area contributed by atoms with E-state index < -0.39 is 29.9 Å². The molecule has 0 aromatic heterocycles. The van der Waals surface area contributed by atoms with Crippen LogP contribution >= 0.6 is 12.6 Å². The lowest BCUT2D eigenvalue weighted by Crippen LogP contribution is -2.48. The van der Waals surface area contributed by atoms with Crippen LogP contribution in [-0.2, 0) is 9.59 Å². The Morgan fingerprint density at radius 3 is 2.25 bits per heavy atom. The number of benzene rings is 2. The number of para-hydroxylation sites is 1. The highest BCUT2D eigenvalue weighted by Gasteiger charge is 2.25. The molecule has 0 fully saturated rings. The third-order valence-electron chi connectivity index (χ3n) is 3.99. The molecular weight excluding hydrogens is 376 g/mol. The van der Waals surface area contributed by atoms with Gasteiger partial charge in [-0.25, -0.2) is 0 Å². The Kier molecular flexibility index (Phi) is 8.10. The summed E-state index contributed by atoms with van der Waals surface area (Å²) in [6.45, 7) is 5.02. The monoisotopic (exact) mass is 400 g/mol. The van der Waals surface area contributed by atoms with Crippen molar-refractivity contribution in [2.24, 2.45) is 5.92 Å². The highest BCUT2D eigenvalue weighted by Crippen LogP contribution is 2.22. The zero-order chi connectivity index (χ0) is 20.5. The van der Waals surface area contributed by atoms with Gasteiger partial charge in [-0.15, -0.1) is 6.58 Å². The van der Waals surface area contributed by atoms with E-state index in [4.69, 9.17) is 4.74 Å². The second-order valence-corrected chi connectivity index (χ2v) is 6.54. The largest absolute Gasteiger partial charge is 0.457 e. The van der Waals surface area contributed by atoms with Crippen LogP contribution in [0.3, 0.4) is 0 Å². The van der Waals surface area contributed by atoms with Crippen molar-refractivity contribution in [3.63, 3.8) is 0 Å². The van der Waals surface area contributed by atoms with Crippen molar-refractivity contribution >= 4 is 30.1 Å². The van der Waals surface area contributed by atoms with Crippen molar-refractivity contribution in [1.29, 1.82) is 0 Å². The van der Waals surface area contributed by atoms with Gasteiger partial charge in [-0.05, 0) is 43.3 Å². The van der Waals surface area contributed by atoms with E-state index in [1.54, 1.807) is 24.3 Å². The molecule has 0 spiro atoms. The molecule has 3 atom stereocenters. The molecule has 0 saturated heterocycles. The van der Waals surface area contributed by atoms with E-state index in [9.17, 15) is 14.7 Å². The average Bonchev–Trinajstić information content (AvgIpc) is 2.68. The Labute approximate surface area is 170 Å². The van der Waals surface area contributed by atoms with E-state index in [0.29, 0.717) is 17.2 Å². The van der Waals surface area contributed by atoms with Crippen molar-refractivity contribution in [1.82, 2.24) is 5.32 Å². The summed E-state index contributed by atoms with van der Waals surface area (Å²) in [7, 11) is 0. The Hall–Kier alpha value is -2.77. The number of hydrogen-bond acceptors (Lipinski definition) is 5. The third-order valence-corrected chi connectivity index (χ3v) is 4.36. The normalized spacial score (nSPS) is 13.7. The van der Waals surface area contributed by atoms with Crippen molar-refractivity contribution in [3.05, 3.63) is 67.3 Å². The maximum Gasteiger partial charge on any atom is 0.247 e. The van der Waals surface area contributed by atoms with Crippen LogP contribution in [0.5, 0.6) is 11.5 Å². The fraction of sp³-hybridized carbons (Fsp3) is 0.238. The van der Waals surface area contributed by atoms with Gasteiger partial charge in [-0.1, -0.05) is 24.3 Å². The summed E-state index contributed by atoms with van der Waals surface area (Å²) in [5.74, 6) is -0.235. The van der Waals surface area contributed by atoms with Crippen LogP contribution in [0, 0.1) is 5.92 Å².